The molecule has 48 heavy (non-hydrogen) atoms. The highest BCUT2D eigenvalue weighted by Crippen LogP contribution is 2.30. The summed E-state index contributed by atoms with van der Waals surface area (Å²) >= 11 is 0. The Hall–Kier alpha value is -4.77. The van der Waals surface area contributed by atoms with Gasteiger partial charge in [0.2, 0.25) is 0 Å². The first kappa shape index (κ1) is 34.6. The third-order valence-corrected chi connectivity index (χ3v) is 8.76. The molecule has 0 fully saturated rings. The van der Waals surface area contributed by atoms with Gasteiger partial charge in [-0.05, 0) is 88.9 Å². The number of benzene rings is 4. The van der Waals surface area contributed by atoms with Gasteiger partial charge in [0, 0.05) is 59.3 Å². The van der Waals surface area contributed by atoms with E-state index in [9.17, 15) is 19.2 Å². The number of nitrogens with zero attached hydrogens (tertiary/aromatic N) is 3. The van der Waals surface area contributed by atoms with Crippen LogP contribution in [0, 0.1) is 0 Å². The van der Waals surface area contributed by atoms with Gasteiger partial charge in [0.15, 0.2) is 5.43 Å². The molecule has 0 atom stereocenters. The fraction of sp³-hybridized carbons (Fsp3) is 0.297. The molecule has 3 amide bonds. The van der Waals surface area contributed by atoms with Crippen LogP contribution in [0.3, 0.4) is 0 Å². The highest BCUT2D eigenvalue weighted by Gasteiger charge is 2.32. The Balaban J connectivity index is 0.00000451. The zero-order chi connectivity index (χ0) is 33.1. The maximum atomic E-state index is 13.7. The summed E-state index contributed by atoms with van der Waals surface area (Å²) in [5.41, 5.74) is 3.33. The lowest BCUT2D eigenvalue weighted by Crippen LogP contribution is -2.41. The van der Waals surface area contributed by atoms with Crippen molar-refractivity contribution in [2.45, 2.75) is 12.8 Å². The maximum Gasteiger partial charge on any atom is 0.261 e. The molecule has 250 valence electrons. The molecular weight excluding hydrogens is 628 g/mol. The highest BCUT2D eigenvalue weighted by atomic mass is 35.5. The number of anilines is 1. The van der Waals surface area contributed by atoms with E-state index < -0.39 is 0 Å². The van der Waals surface area contributed by atoms with Crippen molar-refractivity contribution in [2.75, 3.05) is 65.7 Å². The van der Waals surface area contributed by atoms with Gasteiger partial charge in [-0.25, -0.2) is 0 Å². The molecule has 0 saturated heterocycles. The second-order valence-corrected chi connectivity index (χ2v) is 12.4. The summed E-state index contributed by atoms with van der Waals surface area (Å²) in [5, 5.41) is 9.06. The van der Waals surface area contributed by atoms with Gasteiger partial charge in [-0.2, -0.15) is 0 Å². The lowest BCUT2D eigenvalue weighted by Gasteiger charge is -2.28. The van der Waals surface area contributed by atoms with Gasteiger partial charge in [0.25, 0.3) is 17.7 Å². The lowest BCUT2D eigenvalue weighted by molar-refractivity contribution is 0.0604. The minimum Gasteiger partial charge on any atom is -0.384 e. The number of amides is 3. The van der Waals surface area contributed by atoms with E-state index in [2.05, 4.69) is 20.5 Å². The van der Waals surface area contributed by atoms with E-state index in [4.69, 9.17) is 0 Å². The van der Waals surface area contributed by atoms with Gasteiger partial charge in [-0.1, -0.05) is 36.4 Å². The summed E-state index contributed by atoms with van der Waals surface area (Å²) in [7, 11) is 5.91. The summed E-state index contributed by atoms with van der Waals surface area (Å²) < 4.78 is 0. The highest BCUT2D eigenvalue weighted by molar-refractivity contribution is 6.25. The van der Waals surface area contributed by atoms with E-state index in [0.29, 0.717) is 76.8 Å². The van der Waals surface area contributed by atoms with Gasteiger partial charge in [-0.15, -0.1) is 12.4 Å². The number of carbonyl (C=O) groups excluding carboxylic acids is 3. The Morgan fingerprint density at radius 1 is 0.771 bits per heavy atom. The van der Waals surface area contributed by atoms with Crippen LogP contribution >= 0.6 is 12.4 Å². The third-order valence-electron chi connectivity index (χ3n) is 8.76. The molecule has 0 radical (unpaired) electrons. The van der Waals surface area contributed by atoms with Crippen LogP contribution in [0.4, 0.5) is 5.69 Å². The number of H-pyrrole nitrogens is 1. The van der Waals surface area contributed by atoms with Crippen molar-refractivity contribution in [3.63, 3.8) is 0 Å². The molecule has 0 saturated carbocycles. The molecule has 0 bridgehead atoms. The summed E-state index contributed by atoms with van der Waals surface area (Å²) in [6.07, 6.45) is 1.46. The average molecular weight is 669 g/mol. The number of hydrogen-bond acceptors (Lipinski definition) is 7. The topological polar surface area (TPSA) is 118 Å². The van der Waals surface area contributed by atoms with Crippen LogP contribution in [-0.2, 0) is 0 Å². The van der Waals surface area contributed by atoms with Gasteiger partial charge in [0.1, 0.15) is 0 Å². The molecule has 1 aliphatic heterocycles. The third kappa shape index (κ3) is 6.92. The summed E-state index contributed by atoms with van der Waals surface area (Å²) in [6, 6.07) is 22.0. The van der Waals surface area contributed by atoms with Crippen LogP contribution in [0.5, 0.6) is 0 Å². The number of aromatic amines is 1. The normalized spacial score (nSPS) is 12.7. The van der Waals surface area contributed by atoms with E-state index in [1.165, 1.54) is 4.90 Å². The van der Waals surface area contributed by atoms with E-state index >= 15 is 0 Å². The van der Waals surface area contributed by atoms with Crippen molar-refractivity contribution in [3.05, 3.63) is 99.7 Å². The number of para-hydroxylation sites is 1. The predicted octanol–water partition coefficient (Wildman–Crippen LogP) is 4.97. The molecule has 1 aliphatic rings. The Bertz CT molecular complexity index is 2010. The van der Waals surface area contributed by atoms with Crippen LogP contribution in [0.1, 0.15) is 43.9 Å². The minimum atomic E-state index is -0.238. The Morgan fingerprint density at radius 2 is 1.46 bits per heavy atom. The van der Waals surface area contributed by atoms with Crippen molar-refractivity contribution < 1.29 is 14.4 Å². The molecule has 2 heterocycles. The first-order chi connectivity index (χ1) is 22.7. The number of rotatable bonds is 13. The molecule has 1 aromatic heterocycles. The molecule has 0 spiro atoms. The summed E-state index contributed by atoms with van der Waals surface area (Å²) in [4.78, 5) is 62.1. The molecule has 0 unspecified atom stereocenters. The van der Waals surface area contributed by atoms with Gasteiger partial charge < -0.3 is 25.4 Å². The number of imide groups is 1. The lowest BCUT2D eigenvalue weighted by atomic mass is 9.94. The molecule has 4 aromatic carbocycles. The average Bonchev–Trinajstić information content (AvgIpc) is 3.06. The standard InChI is InChI=1S/C37H40N6O4.ClH/c1-41(2)23-19-39-35(45)28-16-17-30(32-33(28)40-29-15-5-4-12-25(29)34(32)44)38-18-8-20-42(3)21-9-22-43-36(46)26-13-6-10-24-11-7-14-27(31(24)26)37(43)47;/h4-7,10-17,38H,8-9,18-23H2,1-3H3,(H,39,45)(H,40,44);1H. The van der Waals surface area contributed by atoms with E-state index in [0.717, 1.165) is 30.3 Å². The first-order valence-electron chi connectivity index (χ1n) is 16.1. The van der Waals surface area contributed by atoms with E-state index in [-0.39, 0.29) is 35.6 Å². The van der Waals surface area contributed by atoms with Crippen molar-refractivity contribution in [3.8, 4) is 0 Å². The predicted molar refractivity (Wildman–Crippen MR) is 195 cm³/mol. The smallest absolute Gasteiger partial charge is 0.261 e. The number of pyridine rings is 1. The molecule has 11 heteroatoms. The summed E-state index contributed by atoms with van der Waals surface area (Å²) in [5.74, 6) is -0.707. The summed E-state index contributed by atoms with van der Waals surface area (Å²) in [6.45, 7) is 3.66. The van der Waals surface area contributed by atoms with Crippen molar-refractivity contribution >= 4 is 68.4 Å². The number of nitrogens with one attached hydrogen (secondary N) is 3. The van der Waals surface area contributed by atoms with Crippen molar-refractivity contribution in [1.82, 2.24) is 25.0 Å². The Kier molecular flexibility index (Phi) is 10.8. The van der Waals surface area contributed by atoms with Gasteiger partial charge in [0.05, 0.1) is 16.5 Å². The second-order valence-electron chi connectivity index (χ2n) is 12.4. The van der Waals surface area contributed by atoms with Crippen LogP contribution in [0.15, 0.2) is 77.6 Å². The van der Waals surface area contributed by atoms with Crippen molar-refractivity contribution in [1.29, 1.82) is 0 Å². The number of fused-ring (bicyclic) bond motifs is 2. The largest absolute Gasteiger partial charge is 0.384 e. The van der Waals surface area contributed by atoms with E-state index in [1.54, 1.807) is 24.3 Å². The maximum absolute atomic E-state index is 13.7. The van der Waals surface area contributed by atoms with Crippen LogP contribution in [0.25, 0.3) is 32.6 Å². The Labute approximate surface area is 285 Å². The number of halogens is 1. The first-order valence-corrected chi connectivity index (χ1v) is 16.1. The molecule has 0 aliphatic carbocycles. The molecule has 6 rings (SSSR count). The minimum absolute atomic E-state index is 0. The monoisotopic (exact) mass is 668 g/mol. The molecule has 10 nitrogen and oxygen atoms in total. The van der Waals surface area contributed by atoms with Crippen LogP contribution in [0.2, 0.25) is 0 Å². The molecule has 5 aromatic rings. The fourth-order valence-electron chi connectivity index (χ4n) is 6.32. The second kappa shape index (κ2) is 15.0. The molecule has 3 N–H and O–H groups in total. The van der Waals surface area contributed by atoms with Crippen LogP contribution < -0.4 is 16.1 Å². The van der Waals surface area contributed by atoms with E-state index in [1.807, 2.05) is 74.6 Å². The molecular formula is C37H41ClN6O4. The number of hydrogen-bond donors (Lipinski definition) is 3. The number of aromatic nitrogens is 1. The zero-order valence-electron chi connectivity index (χ0n) is 27.5. The van der Waals surface area contributed by atoms with Crippen molar-refractivity contribution in [2.24, 2.45) is 0 Å². The van der Waals surface area contributed by atoms with Crippen LogP contribution in [-0.4, -0.2) is 97.8 Å². The van der Waals surface area contributed by atoms with Gasteiger partial charge >= 0.3 is 0 Å². The quantitative estimate of drug-likeness (QED) is 0.0922. The zero-order valence-corrected chi connectivity index (χ0v) is 28.3. The SMILES string of the molecule is CN(C)CCNC(=O)c1ccc(NCCCN(C)CCCN2C(=O)c3cccc4cccc(c34)C2=O)c2c(=O)c3ccccc3[nH]c12.Cl. The van der Waals surface area contributed by atoms with Gasteiger partial charge in [-0.3, -0.25) is 24.1 Å². The number of carbonyl (C=O) groups is 3. The Morgan fingerprint density at radius 3 is 2.17 bits per heavy atom. The fourth-order valence-corrected chi connectivity index (χ4v) is 6.32. The number of likely N-dealkylation sites (N-methyl/N-ethyl adjacent to an activating group) is 1.